The third kappa shape index (κ3) is 7.45. The molecule has 1 unspecified atom stereocenters. The summed E-state index contributed by atoms with van der Waals surface area (Å²) >= 11 is 3.16. The van der Waals surface area contributed by atoms with E-state index in [0.717, 1.165) is 32.9 Å². The van der Waals surface area contributed by atoms with Gasteiger partial charge in [-0.2, -0.15) is 13.2 Å². The van der Waals surface area contributed by atoms with Crippen molar-refractivity contribution in [1.29, 1.82) is 0 Å². The van der Waals surface area contributed by atoms with Crippen molar-refractivity contribution in [3.05, 3.63) is 102 Å². The van der Waals surface area contributed by atoms with Gasteiger partial charge in [-0.25, -0.2) is 9.18 Å². The third-order valence-corrected chi connectivity index (χ3v) is 7.09. The number of ether oxygens (including phenoxy) is 1. The Morgan fingerprint density at radius 2 is 1.77 bits per heavy atom. The van der Waals surface area contributed by atoms with E-state index in [9.17, 15) is 31.9 Å². The number of hydrogen-bond acceptors (Lipinski definition) is 5. The number of halogens is 5. The smallest absolute Gasteiger partial charge is 0.416 e. The summed E-state index contributed by atoms with van der Waals surface area (Å²) in [6.07, 6.45) is -4.23. The lowest BCUT2D eigenvalue weighted by Gasteiger charge is -2.22. The van der Waals surface area contributed by atoms with Gasteiger partial charge in [-0.05, 0) is 60.4 Å². The highest BCUT2D eigenvalue weighted by atomic mass is 79.9. The summed E-state index contributed by atoms with van der Waals surface area (Å²) in [6.45, 7) is 2.85. The quantitative estimate of drug-likeness (QED) is 0.188. The predicted octanol–water partition coefficient (Wildman–Crippen LogP) is 4.96. The lowest BCUT2D eigenvalue weighted by Crippen LogP contribution is -2.44. The number of benzene rings is 2. The molecule has 12 heteroatoms. The molecule has 1 heterocycles. The fourth-order valence-corrected chi connectivity index (χ4v) is 4.58. The van der Waals surface area contributed by atoms with Crippen LogP contribution in [0.25, 0.3) is 0 Å². The zero-order valence-electron chi connectivity index (χ0n) is 21.4. The van der Waals surface area contributed by atoms with Gasteiger partial charge in [0.2, 0.25) is 0 Å². The molecule has 3 aromatic rings. The zero-order valence-corrected chi connectivity index (χ0v) is 22.9. The standard InChI is InChI=1S/C27H28BrF4N3O4/c1-3-39-23(36)13-8-14-33-22(18-9-5-4-6-10-18)16-35-25(37)24(28)17(2)34(26(35)38)15-19-20(27(30,31)32)11-7-12-21(19)29/h4-7,9-12,22,33H,3,8,13-16H2,1-2H3. The summed E-state index contributed by atoms with van der Waals surface area (Å²) in [7, 11) is 0. The first kappa shape index (κ1) is 30.3. The number of hydrogen-bond donors (Lipinski definition) is 1. The van der Waals surface area contributed by atoms with E-state index >= 15 is 0 Å². The molecule has 0 saturated heterocycles. The number of carbonyl (C=O) groups excluding carboxylic acids is 1. The van der Waals surface area contributed by atoms with Crippen LogP contribution in [0.15, 0.2) is 62.6 Å². The Balaban J connectivity index is 1.99. The molecule has 39 heavy (non-hydrogen) atoms. The van der Waals surface area contributed by atoms with E-state index in [-0.39, 0.29) is 35.7 Å². The van der Waals surface area contributed by atoms with Crippen LogP contribution < -0.4 is 16.6 Å². The van der Waals surface area contributed by atoms with Gasteiger partial charge in [-0.15, -0.1) is 0 Å². The maximum Gasteiger partial charge on any atom is 0.416 e. The first-order valence-corrected chi connectivity index (χ1v) is 13.0. The predicted molar refractivity (Wildman–Crippen MR) is 141 cm³/mol. The molecule has 1 N–H and O–H groups in total. The molecule has 1 atom stereocenters. The van der Waals surface area contributed by atoms with E-state index < -0.39 is 47.0 Å². The molecule has 0 bridgehead atoms. The van der Waals surface area contributed by atoms with Crippen LogP contribution in [0.2, 0.25) is 0 Å². The summed E-state index contributed by atoms with van der Waals surface area (Å²) in [5.74, 6) is -1.46. The van der Waals surface area contributed by atoms with Crippen LogP contribution in [-0.2, 0) is 28.8 Å². The van der Waals surface area contributed by atoms with Crippen LogP contribution in [0.1, 0.15) is 48.2 Å². The highest BCUT2D eigenvalue weighted by molar-refractivity contribution is 9.10. The number of esters is 1. The minimum atomic E-state index is -4.84. The van der Waals surface area contributed by atoms with Crippen molar-refractivity contribution in [2.45, 2.75) is 52.0 Å². The average molecular weight is 614 g/mol. The largest absolute Gasteiger partial charge is 0.466 e. The molecule has 0 spiro atoms. The molecule has 210 valence electrons. The van der Waals surface area contributed by atoms with Gasteiger partial charge in [0.05, 0.1) is 31.3 Å². The van der Waals surface area contributed by atoms with Crippen molar-refractivity contribution >= 4 is 21.9 Å². The summed E-state index contributed by atoms with van der Waals surface area (Å²) in [6, 6.07) is 11.0. The average Bonchev–Trinajstić information content (AvgIpc) is 2.90. The Kier molecular flexibility index (Phi) is 10.3. The van der Waals surface area contributed by atoms with Crippen LogP contribution in [0, 0.1) is 12.7 Å². The Morgan fingerprint density at radius 3 is 2.41 bits per heavy atom. The minimum absolute atomic E-state index is 0.0267. The van der Waals surface area contributed by atoms with Gasteiger partial charge >= 0.3 is 17.8 Å². The maximum atomic E-state index is 14.6. The fraction of sp³-hybridized carbons (Fsp3) is 0.370. The van der Waals surface area contributed by atoms with Gasteiger partial charge in [0.25, 0.3) is 5.56 Å². The summed E-state index contributed by atoms with van der Waals surface area (Å²) < 4.78 is 62.1. The monoisotopic (exact) mass is 613 g/mol. The SMILES string of the molecule is CCOC(=O)CCCNC(Cn1c(=O)c(Br)c(C)n(Cc2c(F)cccc2C(F)(F)F)c1=O)c1ccccc1. The van der Waals surface area contributed by atoms with Crippen molar-refractivity contribution in [2.75, 3.05) is 13.2 Å². The molecule has 0 radical (unpaired) electrons. The van der Waals surface area contributed by atoms with E-state index in [1.165, 1.54) is 6.92 Å². The molecule has 3 rings (SSSR count). The summed E-state index contributed by atoms with van der Waals surface area (Å²) in [5.41, 5.74) is -2.65. The first-order valence-electron chi connectivity index (χ1n) is 12.2. The van der Waals surface area contributed by atoms with Gasteiger partial charge in [0, 0.05) is 17.7 Å². The molecule has 1 aromatic heterocycles. The number of rotatable bonds is 11. The van der Waals surface area contributed by atoms with Crippen molar-refractivity contribution in [3.63, 3.8) is 0 Å². The molecule has 7 nitrogen and oxygen atoms in total. The highest BCUT2D eigenvalue weighted by Crippen LogP contribution is 2.33. The van der Waals surface area contributed by atoms with Gasteiger partial charge < -0.3 is 10.1 Å². The van der Waals surface area contributed by atoms with Crippen molar-refractivity contribution in [1.82, 2.24) is 14.5 Å². The topological polar surface area (TPSA) is 82.3 Å². The van der Waals surface area contributed by atoms with E-state index in [2.05, 4.69) is 21.2 Å². The molecule has 0 fully saturated rings. The van der Waals surface area contributed by atoms with E-state index in [0.29, 0.717) is 13.0 Å². The Hall–Kier alpha value is -3.25. The molecule has 0 amide bonds. The van der Waals surface area contributed by atoms with Crippen LogP contribution in [0.5, 0.6) is 0 Å². The molecule has 0 aliphatic heterocycles. The normalized spacial score (nSPS) is 12.4. The number of nitrogens with one attached hydrogen (secondary N) is 1. The molecule has 0 aliphatic carbocycles. The lowest BCUT2D eigenvalue weighted by atomic mass is 10.1. The molecular weight excluding hydrogens is 586 g/mol. The lowest BCUT2D eigenvalue weighted by molar-refractivity contribution is -0.143. The maximum absolute atomic E-state index is 14.6. The van der Waals surface area contributed by atoms with Crippen molar-refractivity contribution in [2.24, 2.45) is 0 Å². The minimum Gasteiger partial charge on any atom is -0.466 e. The van der Waals surface area contributed by atoms with Crippen LogP contribution in [0.4, 0.5) is 17.6 Å². The molecule has 0 aliphatic rings. The van der Waals surface area contributed by atoms with Crippen LogP contribution >= 0.6 is 15.9 Å². The van der Waals surface area contributed by atoms with Crippen molar-refractivity contribution < 1.29 is 27.1 Å². The molecule has 2 aromatic carbocycles. The number of carbonyl (C=O) groups is 1. The Bertz CT molecular complexity index is 1420. The van der Waals surface area contributed by atoms with E-state index in [4.69, 9.17) is 4.74 Å². The van der Waals surface area contributed by atoms with Crippen LogP contribution in [0.3, 0.4) is 0 Å². The second-order valence-electron chi connectivity index (χ2n) is 8.77. The first-order chi connectivity index (χ1) is 18.5. The number of alkyl halides is 3. The summed E-state index contributed by atoms with van der Waals surface area (Å²) in [4.78, 5) is 38.3. The van der Waals surface area contributed by atoms with E-state index in [1.54, 1.807) is 37.3 Å². The summed E-state index contributed by atoms with van der Waals surface area (Å²) in [5, 5.41) is 3.24. The second-order valence-corrected chi connectivity index (χ2v) is 9.57. The highest BCUT2D eigenvalue weighted by Gasteiger charge is 2.35. The number of aromatic nitrogens is 2. The fourth-order valence-electron chi connectivity index (χ4n) is 4.16. The second kappa shape index (κ2) is 13.2. The Labute approximate surface area is 230 Å². The molecule has 0 saturated carbocycles. The van der Waals surface area contributed by atoms with Gasteiger partial charge in [-0.1, -0.05) is 36.4 Å². The third-order valence-electron chi connectivity index (χ3n) is 6.18. The van der Waals surface area contributed by atoms with Gasteiger partial charge in [0.15, 0.2) is 0 Å². The Morgan fingerprint density at radius 1 is 1.08 bits per heavy atom. The van der Waals surface area contributed by atoms with Crippen molar-refractivity contribution in [3.8, 4) is 0 Å². The van der Waals surface area contributed by atoms with E-state index in [1.807, 2.05) is 0 Å². The number of nitrogens with zero attached hydrogens (tertiary/aromatic N) is 2. The van der Waals surface area contributed by atoms with Crippen LogP contribution in [-0.4, -0.2) is 28.3 Å². The van der Waals surface area contributed by atoms with Gasteiger partial charge in [-0.3, -0.25) is 18.7 Å². The molecular formula is C27H28BrF4N3O4. The van der Waals surface area contributed by atoms with Gasteiger partial charge in [0.1, 0.15) is 10.3 Å². The zero-order chi connectivity index (χ0) is 28.7.